The van der Waals surface area contributed by atoms with E-state index in [2.05, 4.69) is 24.3 Å². The van der Waals surface area contributed by atoms with Crippen LogP contribution in [0.4, 0.5) is 0 Å². The molecule has 0 aromatic heterocycles. The third kappa shape index (κ3) is 4.21. The zero-order chi connectivity index (χ0) is 20.0. The molecule has 28 heavy (non-hydrogen) atoms. The van der Waals surface area contributed by atoms with E-state index in [-0.39, 0.29) is 5.92 Å². The Morgan fingerprint density at radius 2 is 1.54 bits per heavy atom. The van der Waals surface area contributed by atoms with Crippen LogP contribution in [-0.2, 0) is 19.1 Å². The van der Waals surface area contributed by atoms with Gasteiger partial charge in [0.2, 0.25) is 0 Å². The van der Waals surface area contributed by atoms with Crippen LogP contribution in [0.1, 0.15) is 18.4 Å². The van der Waals surface area contributed by atoms with E-state index in [0.717, 1.165) is 22.9 Å². The number of allylic oxidation sites excluding steroid dienone is 1. The van der Waals surface area contributed by atoms with Crippen molar-refractivity contribution in [2.45, 2.75) is 18.2 Å². The van der Waals surface area contributed by atoms with Gasteiger partial charge >= 0.3 is 172 Å². The van der Waals surface area contributed by atoms with Crippen molar-refractivity contribution in [1.29, 1.82) is 0 Å². The van der Waals surface area contributed by atoms with E-state index in [4.69, 9.17) is 9.47 Å². The number of hydrogen-bond donors (Lipinski definition) is 0. The molecule has 0 saturated carbocycles. The molecule has 0 saturated heterocycles. The fraction of sp³-hybridized carbons (Fsp3) is 0.304. The van der Waals surface area contributed by atoms with Crippen molar-refractivity contribution in [1.82, 2.24) is 0 Å². The van der Waals surface area contributed by atoms with Crippen LogP contribution in [0.15, 0.2) is 66.7 Å². The summed E-state index contributed by atoms with van der Waals surface area (Å²) in [6.07, 6.45) is 2.94. The number of methoxy groups -OCH3 is 2. The van der Waals surface area contributed by atoms with Crippen LogP contribution in [-0.4, -0.2) is 41.1 Å². The van der Waals surface area contributed by atoms with Gasteiger partial charge in [-0.05, 0) is 0 Å². The molecular weight excluding hydrogens is 419 g/mol. The Morgan fingerprint density at radius 3 is 2.11 bits per heavy atom. The molecule has 0 spiro atoms. The van der Waals surface area contributed by atoms with Crippen LogP contribution in [0.5, 0.6) is 0 Å². The van der Waals surface area contributed by atoms with E-state index in [1.54, 1.807) is 6.08 Å². The molecule has 1 aliphatic carbocycles. The van der Waals surface area contributed by atoms with Gasteiger partial charge in [0.05, 0.1) is 0 Å². The Balaban J connectivity index is 1.97. The quantitative estimate of drug-likeness (QED) is 0.391. The standard InChI is InChI=1S/C23H24O4Se/c1-26-21(24)23(22(25)27-2)14-13-18(16-28-19-11-7-4-8-12-19)20(15-23)17-9-5-3-6-10-17/h3-12,15,18H,13-14,16H2,1-2H3. The second-order valence-electron chi connectivity index (χ2n) is 6.78. The molecule has 1 unspecified atom stereocenters. The normalized spacial score (nSPS) is 18.1. The first-order valence-corrected chi connectivity index (χ1v) is 11.3. The summed E-state index contributed by atoms with van der Waals surface area (Å²) in [5.41, 5.74) is 0.693. The first-order chi connectivity index (χ1) is 13.6. The first-order valence-electron chi connectivity index (χ1n) is 9.23. The van der Waals surface area contributed by atoms with Crippen LogP contribution >= 0.6 is 0 Å². The topological polar surface area (TPSA) is 52.6 Å². The number of carbonyl (C=O) groups excluding carboxylic acids is 2. The number of ether oxygens (including phenoxy) is 2. The molecular formula is C23H24O4Se. The maximum absolute atomic E-state index is 12.6. The number of hydrogen-bond acceptors (Lipinski definition) is 4. The molecule has 0 N–H and O–H groups in total. The Kier molecular flexibility index (Phi) is 6.71. The number of esters is 2. The molecule has 4 nitrogen and oxygen atoms in total. The number of carbonyl (C=O) groups is 2. The zero-order valence-electron chi connectivity index (χ0n) is 16.1. The molecule has 1 aliphatic rings. The van der Waals surface area contributed by atoms with E-state index in [1.165, 1.54) is 18.7 Å². The summed E-state index contributed by atoms with van der Waals surface area (Å²) in [7, 11) is 2.63. The van der Waals surface area contributed by atoms with Gasteiger partial charge in [-0.2, -0.15) is 0 Å². The van der Waals surface area contributed by atoms with Gasteiger partial charge in [0.25, 0.3) is 0 Å². The average Bonchev–Trinajstić information content (AvgIpc) is 2.77. The molecule has 0 heterocycles. The van der Waals surface area contributed by atoms with Gasteiger partial charge in [-0.15, -0.1) is 0 Å². The molecule has 0 amide bonds. The van der Waals surface area contributed by atoms with Crippen molar-refractivity contribution < 1.29 is 19.1 Å². The predicted molar refractivity (Wildman–Crippen MR) is 110 cm³/mol. The predicted octanol–water partition coefficient (Wildman–Crippen LogP) is 3.26. The fourth-order valence-corrected chi connectivity index (χ4v) is 5.90. The Hall–Kier alpha value is -2.36. The monoisotopic (exact) mass is 444 g/mol. The molecule has 0 fully saturated rings. The van der Waals surface area contributed by atoms with E-state index in [1.807, 2.05) is 36.4 Å². The second-order valence-corrected chi connectivity index (χ2v) is 9.07. The Morgan fingerprint density at radius 1 is 0.964 bits per heavy atom. The molecule has 2 aromatic rings. The summed E-state index contributed by atoms with van der Waals surface area (Å²) >= 11 is 0.316. The minimum absolute atomic E-state index is 0.282. The van der Waals surface area contributed by atoms with E-state index in [9.17, 15) is 9.59 Å². The van der Waals surface area contributed by atoms with Crippen LogP contribution < -0.4 is 4.46 Å². The van der Waals surface area contributed by atoms with Gasteiger partial charge in [0.15, 0.2) is 0 Å². The maximum atomic E-state index is 12.6. The van der Waals surface area contributed by atoms with Crippen molar-refractivity contribution in [3.8, 4) is 0 Å². The van der Waals surface area contributed by atoms with Gasteiger partial charge in [0.1, 0.15) is 0 Å². The van der Waals surface area contributed by atoms with Crippen molar-refractivity contribution in [2.75, 3.05) is 14.2 Å². The van der Waals surface area contributed by atoms with Crippen LogP contribution in [0.3, 0.4) is 0 Å². The third-order valence-corrected chi connectivity index (χ3v) is 7.59. The molecule has 0 bridgehead atoms. The molecule has 0 radical (unpaired) electrons. The summed E-state index contributed by atoms with van der Waals surface area (Å²) in [5.74, 6) is -0.829. The second kappa shape index (κ2) is 9.22. The Labute approximate surface area is 172 Å². The van der Waals surface area contributed by atoms with Gasteiger partial charge in [0, 0.05) is 0 Å². The van der Waals surface area contributed by atoms with Gasteiger partial charge in [-0.25, -0.2) is 0 Å². The average molecular weight is 443 g/mol. The van der Waals surface area contributed by atoms with Crippen LogP contribution in [0, 0.1) is 11.3 Å². The van der Waals surface area contributed by atoms with Crippen molar-refractivity contribution >= 4 is 36.9 Å². The third-order valence-electron chi connectivity index (χ3n) is 5.13. The summed E-state index contributed by atoms with van der Waals surface area (Å²) < 4.78 is 11.3. The minimum atomic E-state index is -1.37. The van der Waals surface area contributed by atoms with Gasteiger partial charge < -0.3 is 0 Å². The van der Waals surface area contributed by atoms with E-state index in [0.29, 0.717) is 21.4 Å². The summed E-state index contributed by atoms with van der Waals surface area (Å²) in [6, 6.07) is 20.4. The van der Waals surface area contributed by atoms with Gasteiger partial charge in [-0.3, -0.25) is 0 Å². The van der Waals surface area contributed by atoms with Crippen molar-refractivity contribution in [2.24, 2.45) is 11.3 Å². The SMILES string of the molecule is COC(=O)C1(C(=O)OC)C=C(c2ccccc2)C(C[Se]c2ccccc2)CC1. The summed E-state index contributed by atoms with van der Waals surface area (Å²) in [5, 5.41) is 1.01. The summed E-state index contributed by atoms with van der Waals surface area (Å²) in [4.78, 5) is 25.2. The molecule has 1 atom stereocenters. The molecule has 2 aromatic carbocycles. The van der Waals surface area contributed by atoms with Gasteiger partial charge in [-0.1, -0.05) is 0 Å². The molecule has 146 valence electrons. The molecule has 3 rings (SSSR count). The fourth-order valence-electron chi connectivity index (χ4n) is 3.62. The summed E-state index contributed by atoms with van der Waals surface area (Å²) in [6.45, 7) is 0. The van der Waals surface area contributed by atoms with Crippen molar-refractivity contribution in [3.05, 3.63) is 72.3 Å². The van der Waals surface area contributed by atoms with Crippen LogP contribution in [0.25, 0.3) is 5.57 Å². The molecule has 5 heteroatoms. The van der Waals surface area contributed by atoms with Crippen LogP contribution in [0.2, 0.25) is 5.32 Å². The van der Waals surface area contributed by atoms with Crippen molar-refractivity contribution in [3.63, 3.8) is 0 Å². The van der Waals surface area contributed by atoms with E-state index >= 15 is 0 Å². The van der Waals surface area contributed by atoms with E-state index < -0.39 is 17.4 Å². The first kappa shape index (κ1) is 20.4. The Bertz CT molecular complexity index is 829. The zero-order valence-corrected chi connectivity index (χ0v) is 17.8. The number of benzene rings is 2. The molecule has 0 aliphatic heterocycles. The number of rotatable bonds is 6.